The molecule has 138 valence electrons. The molecule has 0 aliphatic heterocycles. The van der Waals surface area contributed by atoms with Crippen molar-refractivity contribution in [2.24, 2.45) is 17.6 Å². The Bertz CT molecular complexity index is 731. The number of ether oxygens (including phenoxy) is 1. The molecule has 0 heterocycles. The van der Waals surface area contributed by atoms with Gasteiger partial charge in [-0.15, -0.1) is 0 Å². The van der Waals surface area contributed by atoms with Crippen molar-refractivity contribution in [3.63, 3.8) is 0 Å². The van der Waals surface area contributed by atoms with E-state index in [4.69, 9.17) is 10.5 Å². The van der Waals surface area contributed by atoms with Gasteiger partial charge in [0, 0.05) is 5.92 Å². The first kappa shape index (κ1) is 18.4. The molecule has 2 aromatic carbocycles. The number of hydrogen-bond donors (Lipinski definition) is 2. The first-order valence-electron chi connectivity index (χ1n) is 9.02. The minimum absolute atomic E-state index is 0.0168. The van der Waals surface area contributed by atoms with E-state index in [-0.39, 0.29) is 29.6 Å². The van der Waals surface area contributed by atoms with Crippen molar-refractivity contribution in [1.82, 2.24) is 5.32 Å². The van der Waals surface area contributed by atoms with Gasteiger partial charge >= 0.3 is 0 Å². The van der Waals surface area contributed by atoms with E-state index in [1.54, 1.807) is 19.2 Å². The highest BCUT2D eigenvalue weighted by Gasteiger charge is 2.33. The van der Waals surface area contributed by atoms with Crippen LogP contribution in [-0.4, -0.2) is 19.6 Å². The third-order valence-electron chi connectivity index (χ3n) is 5.24. The van der Waals surface area contributed by atoms with Gasteiger partial charge in [0.15, 0.2) is 0 Å². The number of nitrogens with two attached hydrogens (primary N) is 1. The standard InChI is InChI=1S/C21H25FN2O2/c1-26-18-11-7-15(8-12-18)20(14-5-9-17(22)10-6-14)24-21(25)19-4-2-3-16(19)13-23/h5-12,16,19-20H,2-4,13,23H2,1H3,(H,24,25)/t16-,19-,20?/m1/s1. The summed E-state index contributed by atoms with van der Waals surface area (Å²) in [6.07, 6.45) is 2.90. The van der Waals surface area contributed by atoms with Crippen molar-refractivity contribution in [1.29, 1.82) is 0 Å². The SMILES string of the molecule is COc1ccc(C(NC(=O)[C@@H]2CCC[C@@H]2CN)c2ccc(F)cc2)cc1. The molecule has 1 aliphatic carbocycles. The van der Waals surface area contributed by atoms with Crippen LogP contribution in [-0.2, 0) is 4.79 Å². The van der Waals surface area contributed by atoms with Crippen LogP contribution in [0.15, 0.2) is 48.5 Å². The summed E-state index contributed by atoms with van der Waals surface area (Å²) in [6.45, 7) is 0.530. The van der Waals surface area contributed by atoms with Gasteiger partial charge in [-0.25, -0.2) is 4.39 Å². The number of carbonyl (C=O) groups is 1. The summed E-state index contributed by atoms with van der Waals surface area (Å²) in [6, 6.07) is 13.5. The Kier molecular flexibility index (Phi) is 5.89. The van der Waals surface area contributed by atoms with Crippen LogP contribution in [0.2, 0.25) is 0 Å². The molecule has 3 N–H and O–H groups in total. The summed E-state index contributed by atoms with van der Waals surface area (Å²) in [5.74, 6) is 0.647. The van der Waals surface area contributed by atoms with E-state index >= 15 is 0 Å². The highest BCUT2D eigenvalue weighted by atomic mass is 19.1. The Labute approximate surface area is 153 Å². The number of amides is 1. The summed E-state index contributed by atoms with van der Waals surface area (Å²) >= 11 is 0. The first-order valence-corrected chi connectivity index (χ1v) is 9.02. The van der Waals surface area contributed by atoms with E-state index in [1.807, 2.05) is 24.3 Å². The fourth-order valence-corrected chi connectivity index (χ4v) is 3.72. The number of nitrogens with one attached hydrogen (secondary N) is 1. The van der Waals surface area contributed by atoms with Crippen molar-refractivity contribution < 1.29 is 13.9 Å². The van der Waals surface area contributed by atoms with Gasteiger partial charge in [-0.3, -0.25) is 4.79 Å². The summed E-state index contributed by atoms with van der Waals surface area (Å²) in [5.41, 5.74) is 7.59. The van der Waals surface area contributed by atoms with Gasteiger partial charge in [-0.2, -0.15) is 0 Å². The summed E-state index contributed by atoms with van der Waals surface area (Å²) in [5, 5.41) is 3.16. The molecule has 3 atom stereocenters. The van der Waals surface area contributed by atoms with Gasteiger partial charge < -0.3 is 15.8 Å². The molecule has 2 aromatic rings. The molecule has 1 amide bonds. The van der Waals surface area contributed by atoms with Gasteiger partial charge in [-0.1, -0.05) is 30.7 Å². The molecular weight excluding hydrogens is 331 g/mol. The zero-order valence-corrected chi connectivity index (χ0v) is 15.0. The molecule has 3 rings (SSSR count). The van der Waals surface area contributed by atoms with Gasteiger partial charge in [-0.05, 0) is 60.7 Å². The third kappa shape index (κ3) is 4.05. The molecule has 5 heteroatoms. The third-order valence-corrected chi connectivity index (χ3v) is 5.24. The Morgan fingerprint density at radius 2 is 1.77 bits per heavy atom. The van der Waals surface area contributed by atoms with Crippen molar-refractivity contribution >= 4 is 5.91 Å². The molecule has 1 unspecified atom stereocenters. The number of benzene rings is 2. The second-order valence-electron chi connectivity index (χ2n) is 6.80. The van der Waals surface area contributed by atoms with Crippen molar-refractivity contribution in [3.05, 3.63) is 65.5 Å². The molecule has 0 spiro atoms. The quantitative estimate of drug-likeness (QED) is 0.834. The Morgan fingerprint density at radius 3 is 2.35 bits per heavy atom. The maximum absolute atomic E-state index is 13.3. The van der Waals surface area contributed by atoms with E-state index < -0.39 is 0 Å². The Balaban J connectivity index is 1.87. The lowest BCUT2D eigenvalue weighted by atomic mass is 9.93. The number of halogens is 1. The maximum atomic E-state index is 13.3. The molecule has 0 saturated heterocycles. The smallest absolute Gasteiger partial charge is 0.224 e. The number of carbonyl (C=O) groups excluding carboxylic acids is 1. The van der Waals surface area contributed by atoms with Gasteiger partial charge in [0.05, 0.1) is 13.2 Å². The predicted molar refractivity (Wildman–Crippen MR) is 99.3 cm³/mol. The lowest BCUT2D eigenvalue weighted by molar-refractivity contribution is -0.126. The molecule has 1 fully saturated rings. The van der Waals surface area contributed by atoms with Crippen molar-refractivity contribution in [2.75, 3.05) is 13.7 Å². The number of rotatable bonds is 6. The van der Waals surface area contributed by atoms with Crippen LogP contribution in [0.4, 0.5) is 4.39 Å². The molecule has 26 heavy (non-hydrogen) atoms. The molecule has 1 saturated carbocycles. The molecule has 0 aromatic heterocycles. The second-order valence-corrected chi connectivity index (χ2v) is 6.80. The van der Waals surface area contributed by atoms with E-state index in [9.17, 15) is 9.18 Å². The van der Waals surface area contributed by atoms with Crippen molar-refractivity contribution in [2.45, 2.75) is 25.3 Å². The zero-order chi connectivity index (χ0) is 18.5. The largest absolute Gasteiger partial charge is 0.497 e. The minimum Gasteiger partial charge on any atom is -0.497 e. The lowest BCUT2D eigenvalue weighted by Crippen LogP contribution is -2.37. The fourth-order valence-electron chi connectivity index (χ4n) is 3.72. The monoisotopic (exact) mass is 356 g/mol. The minimum atomic E-state index is -0.340. The average molecular weight is 356 g/mol. The highest BCUT2D eigenvalue weighted by Crippen LogP contribution is 2.32. The highest BCUT2D eigenvalue weighted by molar-refractivity contribution is 5.80. The van der Waals surface area contributed by atoms with Crippen LogP contribution in [0.3, 0.4) is 0 Å². The van der Waals surface area contributed by atoms with E-state index in [2.05, 4.69) is 5.32 Å². The van der Waals surface area contributed by atoms with Crippen LogP contribution < -0.4 is 15.8 Å². The molecule has 4 nitrogen and oxygen atoms in total. The van der Waals surface area contributed by atoms with Gasteiger partial charge in [0.25, 0.3) is 0 Å². The predicted octanol–water partition coefficient (Wildman–Crippen LogP) is 3.41. The van der Waals surface area contributed by atoms with Crippen LogP contribution >= 0.6 is 0 Å². The number of hydrogen-bond acceptors (Lipinski definition) is 3. The second kappa shape index (κ2) is 8.32. The van der Waals surface area contributed by atoms with Crippen LogP contribution in [0.1, 0.15) is 36.4 Å². The van der Waals surface area contributed by atoms with Crippen LogP contribution in [0.25, 0.3) is 0 Å². The van der Waals surface area contributed by atoms with Crippen molar-refractivity contribution in [3.8, 4) is 5.75 Å². The zero-order valence-electron chi connectivity index (χ0n) is 15.0. The normalized spacial score (nSPS) is 20.6. The van der Waals surface area contributed by atoms with Gasteiger partial charge in [0.2, 0.25) is 5.91 Å². The summed E-state index contributed by atoms with van der Waals surface area (Å²) in [4.78, 5) is 12.9. The van der Waals surface area contributed by atoms with E-state index in [0.717, 1.165) is 36.1 Å². The summed E-state index contributed by atoms with van der Waals surface area (Å²) in [7, 11) is 1.61. The molecule has 0 bridgehead atoms. The molecular formula is C21H25FN2O2. The maximum Gasteiger partial charge on any atom is 0.224 e. The number of methoxy groups -OCH3 is 1. The molecule has 1 aliphatic rings. The average Bonchev–Trinajstić information content (AvgIpc) is 3.16. The molecule has 0 radical (unpaired) electrons. The Hall–Kier alpha value is -2.40. The van der Waals surface area contributed by atoms with E-state index in [0.29, 0.717) is 6.54 Å². The summed E-state index contributed by atoms with van der Waals surface area (Å²) < 4.78 is 18.5. The first-order chi connectivity index (χ1) is 12.6. The van der Waals surface area contributed by atoms with Crippen LogP contribution in [0, 0.1) is 17.7 Å². The fraction of sp³-hybridized carbons (Fsp3) is 0.381. The van der Waals surface area contributed by atoms with Crippen LogP contribution in [0.5, 0.6) is 5.75 Å². The Morgan fingerprint density at radius 1 is 1.15 bits per heavy atom. The van der Waals surface area contributed by atoms with Gasteiger partial charge in [0.1, 0.15) is 11.6 Å². The van der Waals surface area contributed by atoms with E-state index in [1.165, 1.54) is 12.1 Å². The lowest BCUT2D eigenvalue weighted by Gasteiger charge is -2.24. The topological polar surface area (TPSA) is 64.3 Å².